The Kier molecular flexibility index (Phi) is 4.37. The van der Waals surface area contributed by atoms with Gasteiger partial charge in [0.2, 0.25) is 0 Å². The lowest BCUT2D eigenvalue weighted by atomic mass is 10.1. The average molecular weight is 266 g/mol. The van der Waals surface area contributed by atoms with Crippen molar-refractivity contribution in [3.05, 3.63) is 29.6 Å². The number of esters is 1. The largest absolute Gasteiger partial charge is 0.462 e. The van der Waals surface area contributed by atoms with Gasteiger partial charge in [-0.3, -0.25) is 0 Å². The Morgan fingerprint density at radius 2 is 2.37 bits per heavy atom. The Labute approximate surface area is 112 Å². The van der Waals surface area contributed by atoms with Crippen LogP contribution in [0.15, 0.2) is 18.2 Å². The molecule has 0 radical (unpaired) electrons. The molecule has 0 spiro atoms. The highest BCUT2D eigenvalue weighted by atomic mass is 19.1. The van der Waals surface area contributed by atoms with E-state index < -0.39 is 11.8 Å². The van der Waals surface area contributed by atoms with Gasteiger partial charge in [-0.25, -0.2) is 9.18 Å². The first kappa shape index (κ1) is 13.8. The van der Waals surface area contributed by atoms with E-state index >= 15 is 0 Å². The third-order valence-electron chi connectivity index (χ3n) is 3.27. The number of ether oxygens (including phenoxy) is 1. The summed E-state index contributed by atoms with van der Waals surface area (Å²) in [5.74, 6) is -1.17. The summed E-state index contributed by atoms with van der Waals surface area (Å²) in [7, 11) is 0. The van der Waals surface area contributed by atoms with Crippen molar-refractivity contribution in [2.45, 2.75) is 25.8 Å². The van der Waals surface area contributed by atoms with Gasteiger partial charge in [-0.2, -0.15) is 0 Å². The molecule has 1 saturated heterocycles. The number of nitrogens with two attached hydrogens (primary N) is 1. The summed E-state index contributed by atoms with van der Waals surface area (Å²) in [6.07, 6.45) is 2.00. The standard InChI is InChI=1S/C14H19FN2O2/c1-2-19-14(18)12-6-5-11(8-13(12)15)17-7-3-4-10(16)9-17/h5-6,8,10H,2-4,7,9,16H2,1H3/t10-/m0/s1. The maximum absolute atomic E-state index is 13.9. The molecule has 1 aromatic carbocycles. The lowest BCUT2D eigenvalue weighted by Crippen LogP contribution is -2.42. The van der Waals surface area contributed by atoms with Crippen LogP contribution in [0, 0.1) is 5.82 Å². The topological polar surface area (TPSA) is 55.6 Å². The van der Waals surface area contributed by atoms with Crippen LogP contribution in [0.4, 0.5) is 10.1 Å². The Hall–Kier alpha value is -1.62. The highest BCUT2D eigenvalue weighted by Gasteiger charge is 2.19. The predicted molar refractivity (Wildman–Crippen MR) is 71.8 cm³/mol. The number of carbonyl (C=O) groups is 1. The summed E-state index contributed by atoms with van der Waals surface area (Å²) in [4.78, 5) is 13.6. The van der Waals surface area contributed by atoms with Crippen LogP contribution in [0.1, 0.15) is 30.1 Å². The first-order valence-electron chi connectivity index (χ1n) is 6.59. The zero-order chi connectivity index (χ0) is 13.8. The third kappa shape index (κ3) is 3.23. The van der Waals surface area contributed by atoms with Crippen LogP contribution in [0.2, 0.25) is 0 Å². The quantitative estimate of drug-likeness (QED) is 0.849. The predicted octanol–water partition coefficient (Wildman–Crippen LogP) is 1.93. The average Bonchev–Trinajstić information content (AvgIpc) is 2.38. The molecule has 2 rings (SSSR count). The van der Waals surface area contributed by atoms with Crippen molar-refractivity contribution >= 4 is 11.7 Å². The van der Waals surface area contributed by atoms with Gasteiger partial charge >= 0.3 is 5.97 Å². The van der Waals surface area contributed by atoms with Gasteiger partial charge in [-0.1, -0.05) is 0 Å². The second-order valence-electron chi connectivity index (χ2n) is 4.73. The highest BCUT2D eigenvalue weighted by Crippen LogP contribution is 2.22. The van der Waals surface area contributed by atoms with Crippen molar-refractivity contribution in [3.63, 3.8) is 0 Å². The van der Waals surface area contributed by atoms with Gasteiger partial charge in [0.05, 0.1) is 12.2 Å². The smallest absolute Gasteiger partial charge is 0.341 e. The van der Waals surface area contributed by atoms with Gasteiger partial charge in [0.1, 0.15) is 5.82 Å². The first-order valence-corrected chi connectivity index (χ1v) is 6.59. The molecule has 0 bridgehead atoms. The zero-order valence-corrected chi connectivity index (χ0v) is 11.1. The molecule has 4 nitrogen and oxygen atoms in total. The molecule has 0 aliphatic carbocycles. The van der Waals surface area contributed by atoms with E-state index in [4.69, 9.17) is 10.5 Å². The number of nitrogens with zero attached hydrogens (tertiary/aromatic N) is 1. The maximum Gasteiger partial charge on any atom is 0.341 e. The van der Waals surface area contributed by atoms with E-state index in [-0.39, 0.29) is 18.2 Å². The van der Waals surface area contributed by atoms with Crippen molar-refractivity contribution < 1.29 is 13.9 Å². The third-order valence-corrected chi connectivity index (χ3v) is 3.27. The summed E-state index contributed by atoms with van der Waals surface area (Å²) in [5, 5.41) is 0. The number of benzene rings is 1. The molecule has 1 aliphatic rings. The van der Waals surface area contributed by atoms with E-state index in [2.05, 4.69) is 0 Å². The molecule has 0 amide bonds. The SMILES string of the molecule is CCOC(=O)c1ccc(N2CCC[C@H](N)C2)cc1F. The molecule has 1 atom stereocenters. The van der Waals surface area contributed by atoms with Crippen LogP contribution in [0.25, 0.3) is 0 Å². The number of rotatable bonds is 3. The zero-order valence-electron chi connectivity index (χ0n) is 11.1. The summed E-state index contributed by atoms with van der Waals surface area (Å²) in [5.41, 5.74) is 6.65. The molecular formula is C14H19FN2O2. The van der Waals surface area contributed by atoms with Crippen molar-refractivity contribution in [2.75, 3.05) is 24.6 Å². The van der Waals surface area contributed by atoms with E-state index in [1.165, 1.54) is 12.1 Å². The Morgan fingerprint density at radius 3 is 3.00 bits per heavy atom. The molecule has 0 saturated carbocycles. The molecular weight excluding hydrogens is 247 g/mol. The van der Waals surface area contributed by atoms with Crippen LogP contribution in [-0.2, 0) is 4.74 Å². The van der Waals surface area contributed by atoms with Gasteiger partial charge in [0.15, 0.2) is 0 Å². The van der Waals surface area contributed by atoms with Crippen molar-refractivity contribution in [2.24, 2.45) is 5.73 Å². The van der Waals surface area contributed by atoms with Gasteiger partial charge in [-0.05, 0) is 38.0 Å². The monoisotopic (exact) mass is 266 g/mol. The number of hydrogen-bond donors (Lipinski definition) is 1. The molecule has 1 aromatic rings. The van der Waals surface area contributed by atoms with Gasteiger partial charge in [0, 0.05) is 24.8 Å². The lowest BCUT2D eigenvalue weighted by molar-refractivity contribution is 0.0521. The van der Waals surface area contributed by atoms with Crippen LogP contribution in [0.3, 0.4) is 0 Å². The number of halogens is 1. The van der Waals surface area contributed by atoms with E-state index in [1.54, 1.807) is 13.0 Å². The Bertz CT molecular complexity index is 465. The lowest BCUT2D eigenvalue weighted by Gasteiger charge is -2.32. The second-order valence-corrected chi connectivity index (χ2v) is 4.73. The fourth-order valence-electron chi connectivity index (χ4n) is 2.32. The molecule has 1 heterocycles. The summed E-state index contributed by atoms with van der Waals surface area (Å²) >= 11 is 0. The molecule has 1 fully saturated rings. The first-order chi connectivity index (χ1) is 9.11. The minimum atomic E-state index is -0.623. The minimum absolute atomic E-state index is 0.0214. The molecule has 1 aliphatic heterocycles. The fourth-order valence-corrected chi connectivity index (χ4v) is 2.32. The normalized spacial score (nSPS) is 19.3. The second kappa shape index (κ2) is 6.02. The molecule has 19 heavy (non-hydrogen) atoms. The Morgan fingerprint density at radius 1 is 1.58 bits per heavy atom. The van der Waals surface area contributed by atoms with Crippen LogP contribution < -0.4 is 10.6 Å². The van der Waals surface area contributed by atoms with Gasteiger partial charge in [-0.15, -0.1) is 0 Å². The van der Waals surface area contributed by atoms with E-state index in [0.29, 0.717) is 0 Å². The summed E-state index contributed by atoms with van der Waals surface area (Å²) in [6, 6.07) is 4.72. The number of hydrogen-bond acceptors (Lipinski definition) is 4. The minimum Gasteiger partial charge on any atom is -0.462 e. The molecule has 0 aromatic heterocycles. The number of carbonyl (C=O) groups excluding carboxylic acids is 1. The molecule has 5 heteroatoms. The van der Waals surface area contributed by atoms with Gasteiger partial charge in [0.25, 0.3) is 0 Å². The van der Waals surface area contributed by atoms with Crippen molar-refractivity contribution in [1.29, 1.82) is 0 Å². The van der Waals surface area contributed by atoms with Crippen LogP contribution >= 0.6 is 0 Å². The highest BCUT2D eigenvalue weighted by molar-refractivity contribution is 5.90. The summed E-state index contributed by atoms with van der Waals surface area (Å²) in [6.45, 7) is 3.52. The Balaban J connectivity index is 2.16. The fraction of sp³-hybridized carbons (Fsp3) is 0.500. The summed E-state index contributed by atoms with van der Waals surface area (Å²) < 4.78 is 18.7. The molecule has 0 unspecified atom stereocenters. The molecule has 2 N–H and O–H groups in total. The van der Waals surface area contributed by atoms with Crippen LogP contribution in [0.5, 0.6) is 0 Å². The van der Waals surface area contributed by atoms with E-state index in [1.807, 2.05) is 4.90 Å². The van der Waals surface area contributed by atoms with E-state index in [9.17, 15) is 9.18 Å². The van der Waals surface area contributed by atoms with Gasteiger partial charge < -0.3 is 15.4 Å². The number of piperidine rings is 1. The van der Waals surface area contributed by atoms with Crippen LogP contribution in [-0.4, -0.2) is 31.7 Å². The maximum atomic E-state index is 13.9. The molecule has 104 valence electrons. The van der Waals surface area contributed by atoms with Crippen molar-refractivity contribution in [1.82, 2.24) is 0 Å². The number of anilines is 1. The van der Waals surface area contributed by atoms with E-state index in [0.717, 1.165) is 31.6 Å². The van der Waals surface area contributed by atoms with Crippen molar-refractivity contribution in [3.8, 4) is 0 Å².